The summed E-state index contributed by atoms with van der Waals surface area (Å²) in [5, 5.41) is 0. The molecule has 132 valence electrons. The molecule has 0 spiro atoms. The van der Waals surface area contributed by atoms with Crippen molar-refractivity contribution in [2.24, 2.45) is 0 Å². The Morgan fingerprint density at radius 3 is 2.04 bits per heavy atom. The van der Waals surface area contributed by atoms with Gasteiger partial charge in [0.1, 0.15) is 5.78 Å². The third-order valence-corrected chi connectivity index (χ3v) is 5.16. The van der Waals surface area contributed by atoms with Crippen molar-refractivity contribution in [1.29, 1.82) is 0 Å². The van der Waals surface area contributed by atoms with Gasteiger partial charge in [-0.25, -0.2) is 0 Å². The summed E-state index contributed by atoms with van der Waals surface area (Å²) in [6.07, 6.45) is 20.1. The Morgan fingerprint density at radius 1 is 0.708 bits per heavy atom. The molecular formula is C23H34O. The lowest BCUT2D eigenvalue weighted by Gasteiger charge is -2.13. The van der Waals surface area contributed by atoms with Gasteiger partial charge in [-0.2, -0.15) is 0 Å². The van der Waals surface area contributed by atoms with Crippen LogP contribution in [0.5, 0.6) is 0 Å². The topological polar surface area (TPSA) is 17.1 Å². The highest BCUT2D eigenvalue weighted by Crippen LogP contribution is 2.24. The molecule has 1 aromatic carbocycles. The average molecular weight is 327 g/mol. The van der Waals surface area contributed by atoms with E-state index in [1.54, 1.807) is 0 Å². The van der Waals surface area contributed by atoms with Crippen molar-refractivity contribution >= 4 is 5.78 Å². The number of hydrogen-bond acceptors (Lipinski definition) is 1. The predicted octanol–water partition coefficient (Wildman–Crippen LogP) is 6.98. The zero-order valence-electron chi connectivity index (χ0n) is 15.2. The molecule has 0 saturated carbocycles. The van der Waals surface area contributed by atoms with Gasteiger partial charge < -0.3 is 0 Å². The molecule has 1 aromatic rings. The summed E-state index contributed by atoms with van der Waals surface area (Å²) in [4.78, 5) is 12.2. The molecule has 2 rings (SSSR count). The molecule has 0 radical (unpaired) electrons. The predicted molar refractivity (Wildman–Crippen MR) is 103 cm³/mol. The van der Waals surface area contributed by atoms with E-state index in [0.717, 1.165) is 25.7 Å². The standard InChI is InChI=1S/C23H34O/c24-23-18-14-9-7-5-3-1-2-4-6-8-11-17-22(19-20-23)21-15-12-10-13-16-21/h10-13,15-17,22H,1-9,14,18-20H2/b17-11+. The van der Waals surface area contributed by atoms with Crippen LogP contribution in [0.2, 0.25) is 0 Å². The number of carbonyl (C=O) groups excluding carboxylic acids is 1. The molecule has 1 heteroatoms. The van der Waals surface area contributed by atoms with Gasteiger partial charge in [-0.1, -0.05) is 87.4 Å². The molecule has 1 nitrogen and oxygen atoms in total. The second-order valence-electron chi connectivity index (χ2n) is 7.24. The van der Waals surface area contributed by atoms with E-state index in [0.29, 0.717) is 11.7 Å². The lowest BCUT2D eigenvalue weighted by Crippen LogP contribution is -2.03. The Morgan fingerprint density at radius 2 is 1.33 bits per heavy atom. The number of carbonyl (C=O) groups is 1. The largest absolute Gasteiger partial charge is 0.300 e. The molecule has 1 aliphatic carbocycles. The summed E-state index contributed by atoms with van der Waals surface area (Å²) < 4.78 is 0. The normalized spacial score (nSPS) is 24.2. The monoisotopic (exact) mass is 326 g/mol. The molecule has 1 atom stereocenters. The van der Waals surface area contributed by atoms with Gasteiger partial charge in [-0.05, 0) is 31.2 Å². The van der Waals surface area contributed by atoms with Crippen LogP contribution >= 0.6 is 0 Å². The molecule has 0 heterocycles. The number of hydrogen-bond donors (Lipinski definition) is 0. The van der Waals surface area contributed by atoms with Crippen molar-refractivity contribution in [1.82, 2.24) is 0 Å². The van der Waals surface area contributed by atoms with Crippen molar-refractivity contribution < 1.29 is 4.79 Å². The second kappa shape index (κ2) is 12.1. The zero-order valence-corrected chi connectivity index (χ0v) is 15.2. The summed E-state index contributed by atoms with van der Waals surface area (Å²) in [7, 11) is 0. The van der Waals surface area contributed by atoms with Gasteiger partial charge in [0.25, 0.3) is 0 Å². The molecule has 24 heavy (non-hydrogen) atoms. The van der Waals surface area contributed by atoms with Crippen LogP contribution in [0.3, 0.4) is 0 Å². The van der Waals surface area contributed by atoms with Crippen LogP contribution in [0.1, 0.15) is 95.0 Å². The maximum absolute atomic E-state index is 12.2. The summed E-state index contributed by atoms with van der Waals surface area (Å²) in [6, 6.07) is 10.7. The quantitative estimate of drug-likeness (QED) is 0.509. The molecule has 0 N–H and O–H groups in total. The lowest BCUT2D eigenvalue weighted by atomic mass is 9.91. The SMILES string of the molecule is O=C1CCCCCCCCCCC/C=C/C(c2ccccc2)CC1. The van der Waals surface area contributed by atoms with Crippen LogP contribution in [0.15, 0.2) is 42.5 Å². The number of rotatable bonds is 1. The third kappa shape index (κ3) is 7.95. The Bertz CT molecular complexity index is 474. The van der Waals surface area contributed by atoms with Gasteiger partial charge in [0, 0.05) is 18.8 Å². The lowest BCUT2D eigenvalue weighted by molar-refractivity contribution is -0.119. The molecule has 0 aliphatic heterocycles. The summed E-state index contributed by atoms with van der Waals surface area (Å²) in [6.45, 7) is 0. The van der Waals surface area contributed by atoms with E-state index in [1.165, 1.54) is 63.4 Å². The molecular weight excluding hydrogens is 292 g/mol. The Balaban J connectivity index is 1.92. The third-order valence-electron chi connectivity index (χ3n) is 5.16. The van der Waals surface area contributed by atoms with E-state index in [4.69, 9.17) is 0 Å². The number of ketones is 1. The van der Waals surface area contributed by atoms with Gasteiger partial charge in [0.2, 0.25) is 0 Å². The van der Waals surface area contributed by atoms with Crippen molar-refractivity contribution in [2.75, 3.05) is 0 Å². The van der Waals surface area contributed by atoms with E-state index >= 15 is 0 Å². The van der Waals surface area contributed by atoms with Crippen LogP contribution in [0.25, 0.3) is 0 Å². The second-order valence-corrected chi connectivity index (χ2v) is 7.24. The summed E-state index contributed by atoms with van der Waals surface area (Å²) in [5.41, 5.74) is 1.35. The van der Waals surface area contributed by atoms with Crippen LogP contribution in [0, 0.1) is 0 Å². The van der Waals surface area contributed by atoms with Crippen LogP contribution in [-0.4, -0.2) is 5.78 Å². The first-order valence-corrected chi connectivity index (χ1v) is 10.1. The van der Waals surface area contributed by atoms with Gasteiger partial charge in [-0.15, -0.1) is 0 Å². The number of benzene rings is 1. The Kier molecular flexibility index (Phi) is 9.53. The van der Waals surface area contributed by atoms with Gasteiger partial charge in [0.15, 0.2) is 0 Å². The molecule has 0 bridgehead atoms. The highest BCUT2D eigenvalue weighted by molar-refractivity contribution is 5.78. The molecule has 1 aliphatic rings. The van der Waals surface area contributed by atoms with Crippen molar-refractivity contribution in [3.05, 3.63) is 48.0 Å². The van der Waals surface area contributed by atoms with Crippen molar-refractivity contribution in [3.8, 4) is 0 Å². The first kappa shape index (κ1) is 19.0. The van der Waals surface area contributed by atoms with E-state index < -0.39 is 0 Å². The Hall–Kier alpha value is -1.37. The zero-order chi connectivity index (χ0) is 16.9. The summed E-state index contributed by atoms with van der Waals surface area (Å²) in [5.74, 6) is 0.847. The molecule has 0 aromatic heterocycles. The van der Waals surface area contributed by atoms with Crippen LogP contribution in [0.4, 0.5) is 0 Å². The van der Waals surface area contributed by atoms with E-state index in [2.05, 4.69) is 42.5 Å². The highest BCUT2D eigenvalue weighted by atomic mass is 16.1. The smallest absolute Gasteiger partial charge is 0.132 e. The molecule has 1 unspecified atom stereocenters. The van der Waals surface area contributed by atoms with E-state index in [9.17, 15) is 4.79 Å². The fraction of sp³-hybridized carbons (Fsp3) is 0.609. The van der Waals surface area contributed by atoms with Gasteiger partial charge in [-0.3, -0.25) is 4.79 Å². The molecule has 0 fully saturated rings. The van der Waals surface area contributed by atoms with Gasteiger partial charge in [0.05, 0.1) is 0 Å². The minimum Gasteiger partial charge on any atom is -0.300 e. The number of Topliss-reactive ketones (excluding diaryl/α,β-unsaturated/α-hetero) is 1. The maximum Gasteiger partial charge on any atom is 0.132 e. The first-order chi connectivity index (χ1) is 11.9. The Labute approximate surface area is 148 Å². The van der Waals surface area contributed by atoms with E-state index in [-0.39, 0.29) is 0 Å². The van der Waals surface area contributed by atoms with Crippen LogP contribution < -0.4 is 0 Å². The van der Waals surface area contributed by atoms with Crippen LogP contribution in [-0.2, 0) is 4.79 Å². The maximum atomic E-state index is 12.2. The minimum absolute atomic E-state index is 0.394. The van der Waals surface area contributed by atoms with Gasteiger partial charge >= 0.3 is 0 Å². The minimum atomic E-state index is 0.394. The highest BCUT2D eigenvalue weighted by Gasteiger charge is 2.11. The van der Waals surface area contributed by atoms with Crippen molar-refractivity contribution in [2.45, 2.75) is 89.4 Å². The summed E-state index contributed by atoms with van der Waals surface area (Å²) >= 11 is 0. The number of allylic oxidation sites excluding steroid dienone is 2. The first-order valence-electron chi connectivity index (χ1n) is 10.1. The molecule has 0 saturated heterocycles. The van der Waals surface area contributed by atoms with E-state index in [1.807, 2.05) is 0 Å². The fourth-order valence-electron chi connectivity index (χ4n) is 3.60. The van der Waals surface area contributed by atoms with Crippen molar-refractivity contribution in [3.63, 3.8) is 0 Å². The fourth-order valence-corrected chi connectivity index (χ4v) is 3.60. The molecule has 0 amide bonds. The average Bonchev–Trinajstić information content (AvgIpc) is 2.62.